The van der Waals surface area contributed by atoms with Gasteiger partial charge in [-0.15, -0.1) is 0 Å². The highest BCUT2D eigenvalue weighted by atomic mass is 16.6. The van der Waals surface area contributed by atoms with E-state index in [-0.39, 0.29) is 12.6 Å². The number of carbonyl (C=O) groups is 1. The summed E-state index contributed by atoms with van der Waals surface area (Å²) in [4.78, 5) is 11.8. The van der Waals surface area contributed by atoms with Gasteiger partial charge in [0, 0.05) is 41.9 Å². The monoisotopic (exact) mass is 301 g/mol. The van der Waals surface area contributed by atoms with Crippen LogP contribution in [-0.2, 0) is 16.1 Å². The zero-order valence-electron chi connectivity index (χ0n) is 13.4. The lowest BCUT2D eigenvalue weighted by atomic mass is 10.1. The van der Waals surface area contributed by atoms with Crippen LogP contribution in [0, 0.1) is 0 Å². The van der Waals surface area contributed by atoms with Crippen molar-refractivity contribution in [2.45, 2.75) is 39.3 Å². The van der Waals surface area contributed by atoms with Gasteiger partial charge in [0.25, 0.3) is 0 Å². The van der Waals surface area contributed by atoms with E-state index in [1.165, 1.54) is 6.08 Å². The maximum Gasteiger partial charge on any atom is 0.331 e. The smallest absolute Gasteiger partial charge is 0.331 e. The van der Waals surface area contributed by atoms with Gasteiger partial charge in [0.05, 0.1) is 0 Å². The zero-order chi connectivity index (χ0) is 16.2. The number of aliphatic hydroxyl groups excluding tert-OH is 1. The molecule has 0 fully saturated rings. The lowest BCUT2D eigenvalue weighted by Crippen LogP contribution is -2.22. The molecule has 1 heterocycles. The summed E-state index contributed by atoms with van der Waals surface area (Å²) in [5, 5.41) is 10.1. The molecule has 0 unspecified atom stereocenters. The third-order valence-corrected chi connectivity index (χ3v) is 3.18. The topological polar surface area (TPSA) is 51.5 Å². The SMILES string of the molecule is CC(C)(C)OC(=O)/C=C/c1cn(CCCO)c2ccccc12. The highest BCUT2D eigenvalue weighted by Gasteiger charge is 2.14. The van der Waals surface area contributed by atoms with Gasteiger partial charge < -0.3 is 14.4 Å². The van der Waals surface area contributed by atoms with E-state index in [9.17, 15) is 4.79 Å². The Morgan fingerprint density at radius 1 is 1.32 bits per heavy atom. The van der Waals surface area contributed by atoms with Crippen LogP contribution < -0.4 is 0 Å². The fourth-order valence-corrected chi connectivity index (χ4v) is 2.33. The number of hydrogen-bond acceptors (Lipinski definition) is 3. The van der Waals surface area contributed by atoms with Crippen molar-refractivity contribution in [2.75, 3.05) is 6.61 Å². The van der Waals surface area contributed by atoms with Gasteiger partial charge in [0.15, 0.2) is 0 Å². The molecule has 4 nitrogen and oxygen atoms in total. The van der Waals surface area contributed by atoms with Crippen molar-refractivity contribution in [3.63, 3.8) is 0 Å². The van der Waals surface area contributed by atoms with Gasteiger partial charge >= 0.3 is 5.97 Å². The molecule has 1 aromatic heterocycles. The average molecular weight is 301 g/mol. The minimum Gasteiger partial charge on any atom is -0.457 e. The van der Waals surface area contributed by atoms with Gasteiger partial charge in [-0.05, 0) is 39.3 Å². The molecule has 0 aliphatic rings. The first kappa shape index (κ1) is 16.3. The Hall–Kier alpha value is -2.07. The third-order valence-electron chi connectivity index (χ3n) is 3.18. The van der Waals surface area contributed by atoms with Gasteiger partial charge in [-0.25, -0.2) is 4.79 Å². The predicted octanol–water partition coefficient (Wildman–Crippen LogP) is 3.38. The highest BCUT2D eigenvalue weighted by Crippen LogP contribution is 2.23. The van der Waals surface area contributed by atoms with Crippen LogP contribution in [0.2, 0.25) is 0 Å². The van der Waals surface area contributed by atoms with Crippen molar-refractivity contribution in [2.24, 2.45) is 0 Å². The minimum atomic E-state index is -0.490. The maximum atomic E-state index is 11.8. The van der Waals surface area contributed by atoms with Crippen molar-refractivity contribution in [3.8, 4) is 0 Å². The Kier molecular flexibility index (Phi) is 5.03. The second-order valence-electron chi connectivity index (χ2n) is 6.24. The molecule has 0 saturated heterocycles. The summed E-state index contributed by atoms with van der Waals surface area (Å²) in [7, 11) is 0. The molecule has 0 aliphatic heterocycles. The van der Waals surface area contributed by atoms with Crippen molar-refractivity contribution in [3.05, 3.63) is 42.1 Å². The lowest BCUT2D eigenvalue weighted by molar-refractivity contribution is -0.148. The average Bonchev–Trinajstić information content (AvgIpc) is 2.79. The fraction of sp³-hybridized carbons (Fsp3) is 0.389. The number of benzene rings is 1. The van der Waals surface area contributed by atoms with Gasteiger partial charge in [0.2, 0.25) is 0 Å². The number of carbonyl (C=O) groups excluding carboxylic acids is 1. The Morgan fingerprint density at radius 3 is 2.73 bits per heavy atom. The largest absolute Gasteiger partial charge is 0.457 e. The number of aliphatic hydroxyl groups is 1. The Bertz CT molecular complexity index is 677. The number of aromatic nitrogens is 1. The molecule has 0 saturated carbocycles. The standard InChI is InChI=1S/C18H23NO3/c1-18(2,3)22-17(21)10-9-14-13-19(11-6-12-20)16-8-5-4-7-15(14)16/h4-5,7-10,13,20H,6,11-12H2,1-3H3/b10-9+. The Labute approximate surface area is 131 Å². The molecule has 118 valence electrons. The number of nitrogens with zero attached hydrogens (tertiary/aromatic N) is 1. The summed E-state index contributed by atoms with van der Waals surface area (Å²) in [5.74, 6) is -0.348. The van der Waals surface area contributed by atoms with Crippen molar-refractivity contribution in [1.82, 2.24) is 4.57 Å². The molecule has 1 N–H and O–H groups in total. The summed E-state index contributed by atoms with van der Waals surface area (Å²) >= 11 is 0. The first-order valence-corrected chi connectivity index (χ1v) is 7.50. The summed E-state index contributed by atoms with van der Waals surface area (Å²) in [6, 6.07) is 8.03. The molecule has 2 aromatic rings. The molecule has 0 radical (unpaired) electrons. The second kappa shape index (κ2) is 6.79. The molecule has 0 bridgehead atoms. The third kappa shape index (κ3) is 4.21. The van der Waals surface area contributed by atoms with Crippen LogP contribution in [0.5, 0.6) is 0 Å². The first-order chi connectivity index (χ1) is 10.4. The normalized spacial score (nSPS) is 12.2. The van der Waals surface area contributed by atoms with Crippen molar-refractivity contribution < 1.29 is 14.6 Å². The van der Waals surface area contributed by atoms with Crippen LogP contribution in [0.1, 0.15) is 32.8 Å². The van der Waals surface area contributed by atoms with Crippen molar-refractivity contribution >= 4 is 22.9 Å². The van der Waals surface area contributed by atoms with Gasteiger partial charge in [-0.3, -0.25) is 0 Å². The van der Waals surface area contributed by atoms with Crippen LogP contribution in [-0.4, -0.2) is 27.9 Å². The number of para-hydroxylation sites is 1. The molecule has 1 aromatic carbocycles. The molecule has 0 aliphatic carbocycles. The van der Waals surface area contributed by atoms with Crippen LogP contribution in [0.15, 0.2) is 36.5 Å². The molecule has 0 amide bonds. The summed E-state index contributed by atoms with van der Waals surface area (Å²) in [6.07, 6.45) is 5.95. The molecule has 4 heteroatoms. The van der Waals surface area contributed by atoms with E-state index in [1.807, 2.05) is 51.2 Å². The van der Waals surface area contributed by atoms with E-state index in [1.54, 1.807) is 6.08 Å². The highest BCUT2D eigenvalue weighted by molar-refractivity contribution is 5.94. The number of ether oxygens (including phenoxy) is 1. The molecule has 2 rings (SSSR count). The number of rotatable bonds is 5. The number of esters is 1. The Morgan fingerprint density at radius 2 is 2.05 bits per heavy atom. The van der Waals surface area contributed by atoms with Crippen LogP contribution >= 0.6 is 0 Å². The zero-order valence-corrected chi connectivity index (χ0v) is 13.4. The summed E-state index contributed by atoms with van der Waals surface area (Å²) in [5.41, 5.74) is 1.58. The molecule has 22 heavy (non-hydrogen) atoms. The molecule has 0 spiro atoms. The number of aryl methyl sites for hydroxylation is 1. The Balaban J connectivity index is 2.26. The van der Waals surface area contributed by atoms with Gasteiger partial charge in [-0.1, -0.05) is 18.2 Å². The number of hydrogen-bond donors (Lipinski definition) is 1. The van der Waals surface area contributed by atoms with E-state index in [0.29, 0.717) is 6.42 Å². The number of fused-ring (bicyclic) bond motifs is 1. The summed E-state index contributed by atoms with van der Waals surface area (Å²) < 4.78 is 7.38. The van der Waals surface area contributed by atoms with Gasteiger partial charge in [-0.2, -0.15) is 0 Å². The van der Waals surface area contributed by atoms with Crippen LogP contribution in [0.25, 0.3) is 17.0 Å². The van der Waals surface area contributed by atoms with E-state index in [2.05, 4.69) is 4.57 Å². The molecule has 0 atom stereocenters. The van der Waals surface area contributed by atoms with Gasteiger partial charge in [0.1, 0.15) is 5.60 Å². The second-order valence-corrected chi connectivity index (χ2v) is 6.24. The predicted molar refractivity (Wildman–Crippen MR) is 88.5 cm³/mol. The lowest BCUT2D eigenvalue weighted by Gasteiger charge is -2.17. The van der Waals surface area contributed by atoms with Crippen LogP contribution in [0.4, 0.5) is 0 Å². The minimum absolute atomic E-state index is 0.162. The van der Waals surface area contributed by atoms with Crippen LogP contribution in [0.3, 0.4) is 0 Å². The maximum absolute atomic E-state index is 11.8. The van der Waals surface area contributed by atoms with E-state index >= 15 is 0 Å². The van der Waals surface area contributed by atoms with E-state index in [4.69, 9.17) is 9.84 Å². The fourth-order valence-electron chi connectivity index (χ4n) is 2.33. The molecular formula is C18H23NO3. The van der Waals surface area contributed by atoms with E-state index < -0.39 is 5.60 Å². The quantitative estimate of drug-likeness (QED) is 0.680. The van der Waals surface area contributed by atoms with Crippen molar-refractivity contribution in [1.29, 1.82) is 0 Å². The summed E-state index contributed by atoms with van der Waals surface area (Å²) in [6.45, 7) is 6.45. The molecular weight excluding hydrogens is 278 g/mol. The first-order valence-electron chi connectivity index (χ1n) is 7.50. The van der Waals surface area contributed by atoms with E-state index in [0.717, 1.165) is 23.0 Å².